The third-order valence-corrected chi connectivity index (χ3v) is 9.40. The van der Waals surface area contributed by atoms with E-state index in [2.05, 4.69) is 158 Å². The summed E-state index contributed by atoms with van der Waals surface area (Å²) in [6, 6.07) is 50.4. The standard InChI is InChI=1S/C41H29NO/c1-41(2)35-19-11-10-16-30(35)31-21-20-29(24-36(31)41)42(28-14-4-3-5-15-28)37-25-39-40(33-18-9-8-17-32(33)37)34-22-26-12-6-7-13-27(26)23-38(34)43-39/h3-25H,1-2H3. The summed E-state index contributed by atoms with van der Waals surface area (Å²) >= 11 is 0. The van der Waals surface area contributed by atoms with Gasteiger partial charge in [-0.15, -0.1) is 0 Å². The molecule has 43 heavy (non-hydrogen) atoms. The van der Waals surface area contributed by atoms with E-state index in [1.165, 1.54) is 49.2 Å². The molecular formula is C41H29NO. The van der Waals surface area contributed by atoms with Gasteiger partial charge in [0, 0.05) is 39.0 Å². The van der Waals surface area contributed by atoms with Gasteiger partial charge in [0.2, 0.25) is 0 Å². The number of rotatable bonds is 3. The third kappa shape index (κ3) is 3.47. The van der Waals surface area contributed by atoms with Crippen LogP contribution in [0.4, 0.5) is 17.1 Å². The summed E-state index contributed by atoms with van der Waals surface area (Å²) < 4.78 is 6.65. The van der Waals surface area contributed by atoms with Gasteiger partial charge in [-0.3, -0.25) is 0 Å². The maximum absolute atomic E-state index is 6.65. The van der Waals surface area contributed by atoms with Crippen molar-refractivity contribution in [3.05, 3.63) is 151 Å². The number of hydrogen-bond acceptors (Lipinski definition) is 2. The van der Waals surface area contributed by atoms with Crippen LogP contribution >= 0.6 is 0 Å². The molecule has 8 aromatic rings. The highest BCUT2D eigenvalue weighted by molar-refractivity contribution is 6.24. The molecule has 204 valence electrons. The molecule has 0 N–H and O–H groups in total. The van der Waals surface area contributed by atoms with E-state index in [4.69, 9.17) is 4.42 Å². The van der Waals surface area contributed by atoms with Gasteiger partial charge in [-0.25, -0.2) is 0 Å². The Kier molecular flexibility index (Phi) is 4.99. The molecule has 7 aromatic carbocycles. The second kappa shape index (κ2) is 8.83. The lowest BCUT2D eigenvalue weighted by atomic mass is 9.82. The second-order valence-corrected chi connectivity index (χ2v) is 12.2. The van der Waals surface area contributed by atoms with Gasteiger partial charge in [-0.05, 0) is 74.8 Å². The fourth-order valence-electron chi connectivity index (χ4n) is 7.33. The van der Waals surface area contributed by atoms with Crippen molar-refractivity contribution in [3.8, 4) is 11.1 Å². The van der Waals surface area contributed by atoms with E-state index < -0.39 is 0 Å². The minimum Gasteiger partial charge on any atom is -0.456 e. The van der Waals surface area contributed by atoms with E-state index in [9.17, 15) is 0 Å². The number of nitrogens with zero attached hydrogens (tertiary/aromatic N) is 1. The normalized spacial score (nSPS) is 13.5. The van der Waals surface area contributed by atoms with Gasteiger partial charge in [-0.2, -0.15) is 0 Å². The fraction of sp³-hybridized carbons (Fsp3) is 0.0732. The number of para-hydroxylation sites is 1. The number of fused-ring (bicyclic) bond motifs is 9. The largest absolute Gasteiger partial charge is 0.456 e. The van der Waals surface area contributed by atoms with Crippen molar-refractivity contribution in [1.82, 2.24) is 0 Å². The molecule has 1 heterocycles. The molecule has 9 rings (SSSR count). The summed E-state index contributed by atoms with van der Waals surface area (Å²) in [5.74, 6) is 0. The van der Waals surface area contributed by atoms with Crippen LogP contribution in [0.15, 0.2) is 144 Å². The van der Waals surface area contributed by atoms with Crippen LogP contribution in [0.25, 0.3) is 54.6 Å². The average molecular weight is 552 g/mol. The molecule has 1 aliphatic rings. The number of furan rings is 1. The molecule has 0 aliphatic heterocycles. The van der Waals surface area contributed by atoms with Crippen molar-refractivity contribution < 1.29 is 4.42 Å². The molecule has 1 aliphatic carbocycles. The van der Waals surface area contributed by atoms with E-state index in [0.29, 0.717) is 0 Å². The van der Waals surface area contributed by atoms with Crippen molar-refractivity contribution in [1.29, 1.82) is 0 Å². The van der Waals surface area contributed by atoms with Crippen molar-refractivity contribution in [2.75, 3.05) is 4.90 Å². The van der Waals surface area contributed by atoms with Crippen molar-refractivity contribution >= 4 is 60.5 Å². The van der Waals surface area contributed by atoms with Gasteiger partial charge in [0.1, 0.15) is 11.2 Å². The Morgan fingerprint density at radius 2 is 1.16 bits per heavy atom. The third-order valence-electron chi connectivity index (χ3n) is 9.40. The lowest BCUT2D eigenvalue weighted by Crippen LogP contribution is -2.16. The van der Waals surface area contributed by atoms with E-state index in [-0.39, 0.29) is 5.41 Å². The van der Waals surface area contributed by atoms with E-state index in [0.717, 1.165) is 33.6 Å². The van der Waals surface area contributed by atoms with Crippen LogP contribution in [0.2, 0.25) is 0 Å². The summed E-state index contributed by atoms with van der Waals surface area (Å²) in [6.07, 6.45) is 0. The van der Waals surface area contributed by atoms with Crippen molar-refractivity contribution in [2.45, 2.75) is 19.3 Å². The second-order valence-electron chi connectivity index (χ2n) is 12.2. The summed E-state index contributed by atoms with van der Waals surface area (Å²) in [4.78, 5) is 2.39. The maximum Gasteiger partial charge on any atom is 0.138 e. The van der Waals surface area contributed by atoms with Crippen LogP contribution in [0.3, 0.4) is 0 Å². The summed E-state index contributed by atoms with van der Waals surface area (Å²) in [7, 11) is 0. The first-order valence-electron chi connectivity index (χ1n) is 14.9. The van der Waals surface area contributed by atoms with Crippen LogP contribution in [0, 0.1) is 0 Å². The Hall–Kier alpha value is -5.34. The lowest BCUT2D eigenvalue weighted by Gasteiger charge is -2.29. The monoisotopic (exact) mass is 551 g/mol. The van der Waals surface area contributed by atoms with E-state index in [1.807, 2.05) is 0 Å². The molecule has 1 aromatic heterocycles. The Balaban J connectivity index is 1.33. The highest BCUT2D eigenvalue weighted by Crippen LogP contribution is 2.51. The van der Waals surface area contributed by atoms with Gasteiger partial charge >= 0.3 is 0 Å². The SMILES string of the molecule is CC1(C)c2ccccc2-c2ccc(N(c3ccccc3)c3cc4oc5cc6ccccc6cc5c4c4ccccc34)cc21. The first-order chi connectivity index (χ1) is 21.1. The highest BCUT2D eigenvalue weighted by atomic mass is 16.3. The zero-order valence-corrected chi connectivity index (χ0v) is 24.1. The molecule has 0 radical (unpaired) electrons. The predicted molar refractivity (Wildman–Crippen MR) is 181 cm³/mol. The van der Waals surface area contributed by atoms with Gasteiger partial charge in [-0.1, -0.05) is 111 Å². The summed E-state index contributed by atoms with van der Waals surface area (Å²) in [6.45, 7) is 4.68. The minimum atomic E-state index is -0.0863. The minimum absolute atomic E-state index is 0.0863. The summed E-state index contributed by atoms with van der Waals surface area (Å²) in [5, 5.41) is 7.11. The van der Waals surface area contributed by atoms with Gasteiger partial charge in [0.25, 0.3) is 0 Å². The molecule has 0 atom stereocenters. The van der Waals surface area contributed by atoms with Gasteiger partial charge in [0.15, 0.2) is 0 Å². The Morgan fingerprint density at radius 3 is 2.00 bits per heavy atom. The highest BCUT2D eigenvalue weighted by Gasteiger charge is 2.35. The topological polar surface area (TPSA) is 16.4 Å². The van der Waals surface area contributed by atoms with Crippen molar-refractivity contribution in [2.24, 2.45) is 0 Å². The molecule has 2 heteroatoms. The maximum atomic E-state index is 6.65. The fourth-order valence-corrected chi connectivity index (χ4v) is 7.33. The zero-order valence-electron chi connectivity index (χ0n) is 24.1. The van der Waals surface area contributed by atoms with Crippen molar-refractivity contribution in [3.63, 3.8) is 0 Å². The molecule has 2 nitrogen and oxygen atoms in total. The Morgan fingerprint density at radius 1 is 0.488 bits per heavy atom. The van der Waals surface area contributed by atoms with Crippen LogP contribution in [-0.2, 0) is 5.41 Å². The average Bonchev–Trinajstić information content (AvgIpc) is 3.52. The molecule has 0 spiro atoms. The molecule has 0 unspecified atom stereocenters. The molecule has 0 bridgehead atoms. The number of benzene rings is 7. The van der Waals surface area contributed by atoms with Gasteiger partial charge < -0.3 is 9.32 Å². The Bertz CT molecular complexity index is 2380. The van der Waals surface area contributed by atoms with Crippen LogP contribution in [0.5, 0.6) is 0 Å². The number of anilines is 3. The smallest absolute Gasteiger partial charge is 0.138 e. The predicted octanol–water partition coefficient (Wildman–Crippen LogP) is 11.7. The molecule has 0 saturated heterocycles. The zero-order chi connectivity index (χ0) is 28.7. The molecule has 0 fully saturated rings. The molecule has 0 saturated carbocycles. The molecular weight excluding hydrogens is 522 g/mol. The van der Waals surface area contributed by atoms with Gasteiger partial charge in [0.05, 0.1) is 5.69 Å². The van der Waals surface area contributed by atoms with E-state index in [1.54, 1.807) is 0 Å². The van der Waals surface area contributed by atoms with Crippen LogP contribution in [-0.4, -0.2) is 0 Å². The Labute approximate surface area is 250 Å². The summed E-state index contributed by atoms with van der Waals surface area (Å²) in [5.41, 5.74) is 10.5. The lowest BCUT2D eigenvalue weighted by molar-refractivity contribution is 0.660. The van der Waals surface area contributed by atoms with Crippen LogP contribution < -0.4 is 4.90 Å². The van der Waals surface area contributed by atoms with E-state index >= 15 is 0 Å². The first kappa shape index (κ1) is 24.3. The quantitative estimate of drug-likeness (QED) is 0.217. The molecule has 0 amide bonds. The number of hydrogen-bond donors (Lipinski definition) is 0. The first-order valence-corrected chi connectivity index (χ1v) is 14.9. The van der Waals surface area contributed by atoms with Crippen LogP contribution in [0.1, 0.15) is 25.0 Å².